The standard InChI is InChI=1S/C52H31N3O2/c1-2-12-32(13-3-1)52-53-43(31-44(54-52)39-19-11-23-50-51(39)40-18-6-9-22-48(40)57-50)35-14-10-15-36(28-35)55-45-20-7-4-16-37(45)41-29-33(24-26-46(41)55)34-25-27-49-42(30-34)38-17-5-8-21-47(38)56-49/h1-31H. The highest BCUT2D eigenvalue weighted by Crippen LogP contribution is 2.40. The van der Waals surface area contributed by atoms with E-state index in [0.29, 0.717) is 5.82 Å². The number of nitrogens with zero attached hydrogens (tertiary/aromatic N) is 3. The molecule has 0 aliphatic carbocycles. The molecule has 5 nitrogen and oxygen atoms in total. The van der Waals surface area contributed by atoms with Crippen LogP contribution in [0.5, 0.6) is 0 Å². The zero-order chi connectivity index (χ0) is 37.5. The van der Waals surface area contributed by atoms with Crippen molar-refractivity contribution in [3.63, 3.8) is 0 Å². The van der Waals surface area contributed by atoms with Crippen LogP contribution in [0.1, 0.15) is 0 Å². The van der Waals surface area contributed by atoms with Crippen molar-refractivity contribution in [2.24, 2.45) is 0 Å². The fourth-order valence-corrected chi connectivity index (χ4v) is 8.58. The van der Waals surface area contributed by atoms with Crippen molar-refractivity contribution >= 4 is 65.7 Å². The Hall–Kier alpha value is -7.76. The fourth-order valence-electron chi connectivity index (χ4n) is 8.58. The van der Waals surface area contributed by atoms with E-state index >= 15 is 0 Å². The molecule has 0 saturated heterocycles. The number of aromatic nitrogens is 3. The van der Waals surface area contributed by atoms with Gasteiger partial charge < -0.3 is 13.4 Å². The van der Waals surface area contributed by atoms with Crippen LogP contribution in [0.15, 0.2) is 197 Å². The van der Waals surface area contributed by atoms with Gasteiger partial charge in [-0.25, -0.2) is 9.97 Å². The molecule has 12 rings (SSSR count). The molecule has 0 atom stereocenters. The average Bonchev–Trinajstić information content (AvgIpc) is 3.96. The van der Waals surface area contributed by atoms with E-state index in [1.807, 2.05) is 54.6 Å². The van der Waals surface area contributed by atoms with Gasteiger partial charge in [0, 0.05) is 54.7 Å². The summed E-state index contributed by atoms with van der Waals surface area (Å²) in [5, 5.41) is 6.77. The lowest BCUT2D eigenvalue weighted by atomic mass is 10.0. The fraction of sp³-hybridized carbons (Fsp3) is 0. The van der Waals surface area contributed by atoms with Crippen LogP contribution in [-0.4, -0.2) is 14.5 Å². The number of para-hydroxylation sites is 3. The highest BCUT2D eigenvalue weighted by Gasteiger charge is 2.18. The van der Waals surface area contributed by atoms with Gasteiger partial charge in [0.15, 0.2) is 5.82 Å². The summed E-state index contributed by atoms with van der Waals surface area (Å²) in [5.41, 5.74) is 13.8. The van der Waals surface area contributed by atoms with Crippen molar-refractivity contribution in [1.29, 1.82) is 0 Å². The lowest BCUT2D eigenvalue weighted by Crippen LogP contribution is -1.98. The molecule has 57 heavy (non-hydrogen) atoms. The van der Waals surface area contributed by atoms with Crippen LogP contribution in [0.4, 0.5) is 0 Å². The molecule has 0 aliphatic heterocycles. The van der Waals surface area contributed by atoms with Crippen molar-refractivity contribution in [3.8, 4) is 50.7 Å². The minimum absolute atomic E-state index is 0.671. The Labute approximate surface area is 326 Å². The van der Waals surface area contributed by atoms with Crippen molar-refractivity contribution in [2.75, 3.05) is 0 Å². The summed E-state index contributed by atoms with van der Waals surface area (Å²) in [5.74, 6) is 0.671. The second-order valence-corrected chi connectivity index (χ2v) is 14.5. The molecular formula is C52H31N3O2. The Bertz CT molecular complexity index is 3540. The molecule has 0 amide bonds. The van der Waals surface area contributed by atoms with Crippen LogP contribution in [0.2, 0.25) is 0 Å². The van der Waals surface area contributed by atoms with E-state index < -0.39 is 0 Å². The van der Waals surface area contributed by atoms with Gasteiger partial charge in [-0.2, -0.15) is 0 Å². The molecule has 4 aromatic heterocycles. The second-order valence-electron chi connectivity index (χ2n) is 14.5. The number of benzene rings is 8. The van der Waals surface area contributed by atoms with Crippen LogP contribution in [-0.2, 0) is 0 Å². The zero-order valence-electron chi connectivity index (χ0n) is 30.6. The smallest absolute Gasteiger partial charge is 0.160 e. The minimum atomic E-state index is 0.671. The molecule has 0 bridgehead atoms. The van der Waals surface area contributed by atoms with Gasteiger partial charge in [0.25, 0.3) is 0 Å². The van der Waals surface area contributed by atoms with E-state index in [2.05, 4.69) is 138 Å². The number of fused-ring (bicyclic) bond motifs is 9. The maximum atomic E-state index is 6.28. The van der Waals surface area contributed by atoms with Crippen LogP contribution in [0.25, 0.3) is 116 Å². The van der Waals surface area contributed by atoms with Gasteiger partial charge in [0.1, 0.15) is 22.3 Å². The first-order valence-corrected chi connectivity index (χ1v) is 19.1. The monoisotopic (exact) mass is 729 g/mol. The van der Waals surface area contributed by atoms with Crippen LogP contribution in [0.3, 0.4) is 0 Å². The molecule has 12 aromatic rings. The second kappa shape index (κ2) is 12.4. The summed E-state index contributed by atoms with van der Waals surface area (Å²) in [6, 6.07) is 65.6. The van der Waals surface area contributed by atoms with Gasteiger partial charge in [-0.3, -0.25) is 0 Å². The van der Waals surface area contributed by atoms with Crippen LogP contribution < -0.4 is 0 Å². The minimum Gasteiger partial charge on any atom is -0.456 e. The quantitative estimate of drug-likeness (QED) is 0.177. The van der Waals surface area contributed by atoms with Crippen molar-refractivity contribution in [2.45, 2.75) is 0 Å². The summed E-state index contributed by atoms with van der Waals surface area (Å²) >= 11 is 0. The number of hydrogen-bond acceptors (Lipinski definition) is 4. The molecule has 0 radical (unpaired) electrons. The summed E-state index contributed by atoms with van der Waals surface area (Å²) in [4.78, 5) is 10.4. The normalized spacial score (nSPS) is 11.9. The Balaban J connectivity index is 1.02. The first kappa shape index (κ1) is 31.6. The summed E-state index contributed by atoms with van der Waals surface area (Å²) in [6.45, 7) is 0. The van der Waals surface area contributed by atoms with E-state index in [9.17, 15) is 0 Å². The summed E-state index contributed by atoms with van der Waals surface area (Å²) in [7, 11) is 0. The number of hydrogen-bond donors (Lipinski definition) is 0. The molecular weight excluding hydrogens is 699 g/mol. The number of rotatable bonds is 5. The van der Waals surface area contributed by atoms with Gasteiger partial charge in [-0.05, 0) is 77.9 Å². The SMILES string of the molecule is c1ccc(-c2nc(-c3cccc(-n4c5ccccc5c5cc(-c6ccc7oc8ccccc8c7c6)ccc54)c3)cc(-c3cccc4oc5ccccc5c34)n2)cc1. The summed E-state index contributed by atoms with van der Waals surface area (Å²) in [6.07, 6.45) is 0. The van der Waals surface area contributed by atoms with E-state index in [-0.39, 0.29) is 0 Å². The van der Waals surface area contributed by atoms with E-state index in [4.69, 9.17) is 18.8 Å². The lowest BCUT2D eigenvalue weighted by Gasteiger charge is -2.13. The van der Waals surface area contributed by atoms with Crippen LogP contribution in [0, 0.1) is 0 Å². The van der Waals surface area contributed by atoms with E-state index in [0.717, 1.165) is 99.8 Å². The molecule has 0 fully saturated rings. The first-order valence-electron chi connectivity index (χ1n) is 19.1. The van der Waals surface area contributed by atoms with Crippen molar-refractivity contribution < 1.29 is 8.83 Å². The predicted octanol–water partition coefficient (Wildman–Crippen LogP) is 14.0. The maximum Gasteiger partial charge on any atom is 0.160 e. The van der Waals surface area contributed by atoms with Crippen molar-refractivity contribution in [3.05, 3.63) is 188 Å². The molecule has 4 heterocycles. The third-order valence-electron chi connectivity index (χ3n) is 11.2. The molecule has 0 unspecified atom stereocenters. The largest absolute Gasteiger partial charge is 0.456 e. The molecule has 5 heteroatoms. The number of furan rings is 2. The third-order valence-corrected chi connectivity index (χ3v) is 11.2. The van der Waals surface area contributed by atoms with Gasteiger partial charge in [-0.1, -0.05) is 121 Å². The summed E-state index contributed by atoms with van der Waals surface area (Å²) < 4.78 is 14.8. The maximum absolute atomic E-state index is 6.28. The van der Waals surface area contributed by atoms with Gasteiger partial charge in [0.05, 0.1) is 22.4 Å². The predicted molar refractivity (Wildman–Crippen MR) is 233 cm³/mol. The highest BCUT2D eigenvalue weighted by atomic mass is 16.3. The third kappa shape index (κ3) is 5.03. The van der Waals surface area contributed by atoms with Gasteiger partial charge >= 0.3 is 0 Å². The average molecular weight is 730 g/mol. The van der Waals surface area contributed by atoms with Gasteiger partial charge in [0.2, 0.25) is 0 Å². The van der Waals surface area contributed by atoms with Crippen molar-refractivity contribution in [1.82, 2.24) is 14.5 Å². The molecule has 0 N–H and O–H groups in total. The molecule has 0 aliphatic rings. The van der Waals surface area contributed by atoms with E-state index in [1.54, 1.807) is 0 Å². The topological polar surface area (TPSA) is 57.0 Å². The lowest BCUT2D eigenvalue weighted by molar-refractivity contribution is 0.668. The Kier molecular flexibility index (Phi) is 6.86. The van der Waals surface area contributed by atoms with Crippen LogP contribution >= 0.6 is 0 Å². The Morgan fingerprint density at radius 2 is 0.965 bits per heavy atom. The Morgan fingerprint density at radius 1 is 0.351 bits per heavy atom. The Morgan fingerprint density at radius 3 is 1.84 bits per heavy atom. The first-order chi connectivity index (χ1) is 28.2. The zero-order valence-corrected chi connectivity index (χ0v) is 30.6. The molecule has 0 spiro atoms. The van der Waals surface area contributed by atoms with Gasteiger partial charge in [-0.15, -0.1) is 0 Å². The highest BCUT2D eigenvalue weighted by molar-refractivity contribution is 6.13. The molecule has 8 aromatic carbocycles. The van der Waals surface area contributed by atoms with E-state index in [1.165, 1.54) is 10.8 Å². The molecule has 0 saturated carbocycles. The molecule has 266 valence electrons.